The fraction of sp³-hybridized carbons (Fsp3) is 0.148. The van der Waals surface area contributed by atoms with E-state index in [1.165, 1.54) is 16.7 Å². The zero-order valence-electron chi connectivity index (χ0n) is 18.7. The highest BCUT2D eigenvalue weighted by Crippen LogP contribution is 2.42. The Morgan fingerprint density at radius 2 is 1.59 bits per heavy atom. The number of nitrogens with one attached hydrogen (secondary N) is 1. The van der Waals surface area contributed by atoms with E-state index in [0.717, 1.165) is 16.7 Å². The lowest BCUT2D eigenvalue weighted by molar-refractivity contribution is -0.117. The Kier molecular flexibility index (Phi) is 7.06. The number of aryl methyl sites for hydroxylation is 2. The van der Waals surface area contributed by atoms with E-state index in [0.29, 0.717) is 27.8 Å². The Balaban J connectivity index is 1.71. The van der Waals surface area contributed by atoms with E-state index < -0.39 is 11.2 Å². The SMILES string of the molecule is Cc1ccc(C[C@H]2S/C(=C(/C#N)C(=O)Nc3ccc(C)cc3)N(c3ccc(Cl)cc3)C2=O)cc1. The molecule has 0 bridgehead atoms. The van der Waals surface area contributed by atoms with E-state index in [4.69, 9.17) is 11.6 Å². The van der Waals surface area contributed by atoms with Gasteiger partial charge in [-0.1, -0.05) is 70.9 Å². The molecule has 1 saturated heterocycles. The molecule has 1 aliphatic rings. The summed E-state index contributed by atoms with van der Waals surface area (Å²) in [5.74, 6) is -0.740. The Morgan fingerprint density at radius 3 is 2.18 bits per heavy atom. The predicted octanol–water partition coefficient (Wildman–Crippen LogP) is 6.02. The largest absolute Gasteiger partial charge is 0.321 e. The van der Waals surface area contributed by atoms with Gasteiger partial charge in [0, 0.05) is 16.4 Å². The van der Waals surface area contributed by atoms with Gasteiger partial charge in [0.25, 0.3) is 5.91 Å². The number of nitrogens with zero attached hydrogens (tertiary/aromatic N) is 2. The Bertz CT molecular complexity index is 1290. The molecule has 3 aromatic rings. The molecule has 1 heterocycles. The molecule has 1 atom stereocenters. The Morgan fingerprint density at radius 1 is 1.00 bits per heavy atom. The third kappa shape index (κ3) is 5.17. The minimum absolute atomic E-state index is 0.111. The zero-order valence-corrected chi connectivity index (χ0v) is 20.3. The third-order valence-corrected chi connectivity index (χ3v) is 6.96. The lowest BCUT2D eigenvalue weighted by atomic mass is 10.1. The molecule has 170 valence electrons. The van der Waals surface area contributed by atoms with Crippen molar-refractivity contribution in [2.24, 2.45) is 0 Å². The number of anilines is 2. The van der Waals surface area contributed by atoms with Crippen molar-refractivity contribution in [3.05, 3.63) is 105 Å². The molecular weight excluding hydrogens is 466 g/mol. The first-order chi connectivity index (χ1) is 16.4. The number of benzene rings is 3. The molecule has 3 aromatic carbocycles. The summed E-state index contributed by atoms with van der Waals surface area (Å²) in [6.07, 6.45) is 0.482. The van der Waals surface area contributed by atoms with Crippen LogP contribution >= 0.6 is 23.4 Å². The molecule has 0 saturated carbocycles. The normalized spacial score (nSPS) is 16.8. The van der Waals surface area contributed by atoms with E-state index in [9.17, 15) is 14.9 Å². The van der Waals surface area contributed by atoms with Crippen LogP contribution in [0.3, 0.4) is 0 Å². The third-order valence-electron chi connectivity index (χ3n) is 5.44. The predicted molar refractivity (Wildman–Crippen MR) is 138 cm³/mol. The fourth-order valence-corrected chi connectivity index (χ4v) is 5.02. The monoisotopic (exact) mass is 487 g/mol. The average molecular weight is 488 g/mol. The van der Waals surface area contributed by atoms with Gasteiger partial charge in [-0.25, -0.2) is 0 Å². The van der Waals surface area contributed by atoms with Gasteiger partial charge in [-0.05, 0) is 62.2 Å². The van der Waals surface area contributed by atoms with Crippen LogP contribution in [-0.2, 0) is 16.0 Å². The molecule has 1 N–H and O–H groups in total. The number of rotatable bonds is 5. The van der Waals surface area contributed by atoms with Crippen molar-refractivity contribution in [3.8, 4) is 6.07 Å². The minimum atomic E-state index is -0.559. The summed E-state index contributed by atoms with van der Waals surface area (Å²) in [5.41, 5.74) is 4.22. The standard InChI is InChI=1S/C27H22ClN3O2S/c1-17-3-7-19(8-4-17)15-24-26(33)31(22-13-9-20(28)10-14-22)27(34-24)23(16-29)25(32)30-21-11-5-18(2)6-12-21/h3-14,24H,15H2,1-2H3,(H,30,32)/b27-23-/t24-/m1/s1. The van der Waals surface area contributed by atoms with Crippen molar-refractivity contribution in [1.82, 2.24) is 0 Å². The number of carbonyl (C=O) groups excluding carboxylic acids is 2. The van der Waals surface area contributed by atoms with Crippen LogP contribution in [0, 0.1) is 25.2 Å². The summed E-state index contributed by atoms with van der Waals surface area (Å²) in [7, 11) is 0. The number of carbonyl (C=O) groups is 2. The molecule has 1 aliphatic heterocycles. The maximum Gasteiger partial charge on any atom is 0.269 e. The van der Waals surface area contributed by atoms with Crippen molar-refractivity contribution < 1.29 is 9.59 Å². The summed E-state index contributed by atoms with van der Waals surface area (Å²) in [4.78, 5) is 28.1. The first-order valence-electron chi connectivity index (χ1n) is 10.7. The number of hydrogen-bond donors (Lipinski definition) is 1. The van der Waals surface area contributed by atoms with Gasteiger partial charge in [-0.3, -0.25) is 14.5 Å². The molecule has 5 nitrogen and oxygen atoms in total. The van der Waals surface area contributed by atoms with E-state index in [1.54, 1.807) is 36.4 Å². The van der Waals surface area contributed by atoms with Gasteiger partial charge >= 0.3 is 0 Å². The first-order valence-corrected chi connectivity index (χ1v) is 12.0. The summed E-state index contributed by atoms with van der Waals surface area (Å²) in [5, 5.41) is 13.1. The van der Waals surface area contributed by atoms with E-state index in [-0.39, 0.29) is 11.5 Å². The molecule has 0 radical (unpaired) electrons. The topological polar surface area (TPSA) is 73.2 Å². The van der Waals surface area contributed by atoms with Gasteiger partial charge in [0.1, 0.15) is 16.7 Å². The molecule has 0 aliphatic carbocycles. The summed E-state index contributed by atoms with van der Waals surface area (Å²) in [6.45, 7) is 3.96. The second kappa shape index (κ2) is 10.2. The number of nitriles is 1. The van der Waals surface area contributed by atoms with Crippen LogP contribution in [0.4, 0.5) is 11.4 Å². The molecule has 0 aromatic heterocycles. The summed E-state index contributed by atoms with van der Waals surface area (Å²) >= 11 is 7.28. The summed E-state index contributed by atoms with van der Waals surface area (Å²) in [6, 6.07) is 24.1. The minimum Gasteiger partial charge on any atom is -0.321 e. The van der Waals surface area contributed by atoms with Gasteiger partial charge < -0.3 is 5.32 Å². The van der Waals surface area contributed by atoms with Crippen LogP contribution in [0.1, 0.15) is 16.7 Å². The van der Waals surface area contributed by atoms with Gasteiger partial charge in [-0.15, -0.1) is 0 Å². The molecule has 4 rings (SSSR count). The van der Waals surface area contributed by atoms with Crippen LogP contribution in [0.5, 0.6) is 0 Å². The highest BCUT2D eigenvalue weighted by Gasteiger charge is 2.40. The number of halogens is 1. The van der Waals surface area contributed by atoms with Gasteiger partial charge in [-0.2, -0.15) is 5.26 Å². The van der Waals surface area contributed by atoms with Crippen LogP contribution in [0.15, 0.2) is 83.4 Å². The molecular formula is C27H22ClN3O2S. The van der Waals surface area contributed by atoms with Crippen molar-refractivity contribution in [2.45, 2.75) is 25.5 Å². The van der Waals surface area contributed by atoms with Crippen molar-refractivity contribution in [2.75, 3.05) is 10.2 Å². The molecule has 1 fully saturated rings. The average Bonchev–Trinajstić information content (AvgIpc) is 3.13. The maximum absolute atomic E-state index is 13.5. The lowest BCUT2D eigenvalue weighted by Gasteiger charge is -2.19. The van der Waals surface area contributed by atoms with Crippen molar-refractivity contribution in [1.29, 1.82) is 5.26 Å². The van der Waals surface area contributed by atoms with Gasteiger partial charge in [0.2, 0.25) is 5.91 Å². The van der Waals surface area contributed by atoms with Crippen molar-refractivity contribution >= 4 is 46.6 Å². The quantitative estimate of drug-likeness (QED) is 0.352. The van der Waals surface area contributed by atoms with Gasteiger partial charge in [0.05, 0.1) is 5.25 Å². The fourth-order valence-electron chi connectivity index (χ4n) is 3.58. The second-order valence-corrected chi connectivity index (χ2v) is 9.69. The second-order valence-electron chi connectivity index (χ2n) is 8.06. The van der Waals surface area contributed by atoms with E-state index >= 15 is 0 Å². The zero-order chi connectivity index (χ0) is 24.2. The lowest BCUT2D eigenvalue weighted by Crippen LogP contribution is -2.30. The number of hydrogen-bond acceptors (Lipinski definition) is 4. The molecule has 0 spiro atoms. The maximum atomic E-state index is 13.5. The van der Waals surface area contributed by atoms with Crippen LogP contribution in [-0.4, -0.2) is 17.1 Å². The Hall–Kier alpha value is -3.53. The highest BCUT2D eigenvalue weighted by atomic mass is 35.5. The van der Waals surface area contributed by atoms with E-state index in [1.807, 2.05) is 56.3 Å². The first kappa shape index (κ1) is 23.6. The van der Waals surface area contributed by atoms with Crippen molar-refractivity contribution in [3.63, 3.8) is 0 Å². The summed E-state index contributed by atoms with van der Waals surface area (Å²) < 4.78 is 0. The van der Waals surface area contributed by atoms with Crippen LogP contribution in [0.2, 0.25) is 5.02 Å². The van der Waals surface area contributed by atoms with Gasteiger partial charge in [0.15, 0.2) is 0 Å². The molecule has 34 heavy (non-hydrogen) atoms. The van der Waals surface area contributed by atoms with E-state index in [2.05, 4.69) is 5.32 Å². The number of thioether (sulfide) groups is 1. The number of amides is 2. The molecule has 2 amide bonds. The Labute approximate surface area is 208 Å². The molecule has 7 heteroatoms. The molecule has 0 unspecified atom stereocenters. The van der Waals surface area contributed by atoms with Crippen LogP contribution in [0.25, 0.3) is 0 Å². The highest BCUT2D eigenvalue weighted by molar-refractivity contribution is 8.05. The smallest absolute Gasteiger partial charge is 0.269 e. The van der Waals surface area contributed by atoms with Crippen LogP contribution < -0.4 is 10.2 Å².